The molecule has 0 spiro atoms. The molecule has 20 heavy (non-hydrogen) atoms. The number of amides is 1. The molecule has 108 valence electrons. The van der Waals surface area contributed by atoms with Crippen molar-refractivity contribution in [3.8, 4) is 0 Å². The number of halogens is 1. The van der Waals surface area contributed by atoms with Crippen molar-refractivity contribution < 1.29 is 9.72 Å². The lowest BCUT2D eigenvalue weighted by Crippen LogP contribution is -2.49. The monoisotopic (exact) mass is 342 g/mol. The molecule has 8 heteroatoms. The van der Waals surface area contributed by atoms with E-state index in [2.05, 4.69) is 15.9 Å². The van der Waals surface area contributed by atoms with E-state index in [9.17, 15) is 14.9 Å². The Morgan fingerprint density at radius 3 is 2.55 bits per heavy atom. The highest BCUT2D eigenvalue weighted by Gasteiger charge is 2.24. The van der Waals surface area contributed by atoms with E-state index >= 15 is 0 Å². The third-order valence-corrected chi connectivity index (χ3v) is 3.72. The van der Waals surface area contributed by atoms with Crippen LogP contribution in [0.1, 0.15) is 0 Å². The molecule has 1 amide bonds. The van der Waals surface area contributed by atoms with Crippen LogP contribution in [-0.4, -0.2) is 48.5 Å². The Kier molecular flexibility index (Phi) is 4.56. The first-order valence-corrected chi connectivity index (χ1v) is 6.96. The van der Waals surface area contributed by atoms with Crippen molar-refractivity contribution in [1.29, 1.82) is 0 Å². The predicted molar refractivity (Wildman–Crippen MR) is 78.6 cm³/mol. The van der Waals surface area contributed by atoms with Crippen LogP contribution in [0.25, 0.3) is 0 Å². The summed E-state index contributed by atoms with van der Waals surface area (Å²) in [5, 5.41) is 11.1. The summed E-state index contributed by atoms with van der Waals surface area (Å²) in [6.45, 7) is 2.83. The quantitative estimate of drug-likeness (QED) is 0.649. The zero-order valence-corrected chi connectivity index (χ0v) is 12.4. The summed E-state index contributed by atoms with van der Waals surface area (Å²) in [5.74, 6) is -0.354. The second kappa shape index (κ2) is 6.19. The maximum Gasteiger partial charge on any atom is 0.293 e. The number of carbonyl (C=O) groups is 1. The highest BCUT2D eigenvalue weighted by molar-refractivity contribution is 9.10. The number of benzene rings is 1. The number of piperazine rings is 1. The van der Waals surface area contributed by atoms with E-state index in [0.717, 1.165) is 0 Å². The SMILES string of the molecule is NC(=O)CN1CCN(c2ccc(Br)cc2[N+](=O)[O-])CC1. The van der Waals surface area contributed by atoms with Gasteiger partial charge in [0.25, 0.3) is 5.69 Å². The Bertz CT molecular complexity index is 529. The number of nitrogens with zero attached hydrogens (tertiary/aromatic N) is 3. The summed E-state index contributed by atoms with van der Waals surface area (Å²) in [7, 11) is 0. The topological polar surface area (TPSA) is 92.7 Å². The molecule has 0 saturated carbocycles. The molecule has 0 atom stereocenters. The second-order valence-electron chi connectivity index (χ2n) is 4.62. The van der Waals surface area contributed by atoms with Gasteiger partial charge in [0.15, 0.2) is 0 Å². The minimum Gasteiger partial charge on any atom is -0.369 e. The molecule has 1 saturated heterocycles. The molecule has 1 aromatic rings. The highest BCUT2D eigenvalue weighted by Crippen LogP contribution is 2.31. The molecule has 1 aromatic carbocycles. The summed E-state index contributed by atoms with van der Waals surface area (Å²) in [4.78, 5) is 25.5. The summed E-state index contributed by atoms with van der Waals surface area (Å²) in [5.41, 5.74) is 5.85. The third kappa shape index (κ3) is 3.45. The average Bonchev–Trinajstić information content (AvgIpc) is 2.39. The number of primary amides is 1. The van der Waals surface area contributed by atoms with Gasteiger partial charge in [0.05, 0.1) is 11.5 Å². The molecule has 2 rings (SSSR count). The standard InChI is InChI=1S/C12H15BrN4O3/c13-9-1-2-10(11(7-9)17(19)20)16-5-3-15(4-6-16)8-12(14)18/h1-2,7H,3-6,8H2,(H2,14,18). The largest absolute Gasteiger partial charge is 0.369 e. The van der Waals surface area contributed by atoms with Crippen LogP contribution in [0.5, 0.6) is 0 Å². The molecule has 1 heterocycles. The van der Waals surface area contributed by atoms with Crippen molar-refractivity contribution in [1.82, 2.24) is 4.90 Å². The molecule has 0 aliphatic carbocycles. The van der Waals surface area contributed by atoms with Crippen molar-refractivity contribution in [3.63, 3.8) is 0 Å². The van der Waals surface area contributed by atoms with E-state index in [1.54, 1.807) is 12.1 Å². The van der Waals surface area contributed by atoms with Gasteiger partial charge >= 0.3 is 0 Å². The van der Waals surface area contributed by atoms with Crippen LogP contribution in [0.15, 0.2) is 22.7 Å². The van der Waals surface area contributed by atoms with Crippen molar-refractivity contribution in [3.05, 3.63) is 32.8 Å². The summed E-state index contributed by atoms with van der Waals surface area (Å²) in [6.07, 6.45) is 0. The zero-order valence-electron chi connectivity index (χ0n) is 10.8. The third-order valence-electron chi connectivity index (χ3n) is 3.23. The number of carbonyl (C=O) groups excluding carboxylic acids is 1. The van der Waals surface area contributed by atoms with Gasteiger partial charge in [0.1, 0.15) is 5.69 Å². The Morgan fingerprint density at radius 2 is 2.00 bits per heavy atom. The average molecular weight is 343 g/mol. The summed E-state index contributed by atoms with van der Waals surface area (Å²) in [6, 6.07) is 5.04. The van der Waals surface area contributed by atoms with Gasteiger partial charge < -0.3 is 10.6 Å². The maximum atomic E-state index is 11.1. The van der Waals surface area contributed by atoms with Crippen molar-refractivity contribution in [2.24, 2.45) is 5.73 Å². The van der Waals surface area contributed by atoms with Crippen LogP contribution in [0.4, 0.5) is 11.4 Å². The molecular weight excluding hydrogens is 328 g/mol. The van der Waals surface area contributed by atoms with Gasteiger partial charge in [-0.05, 0) is 12.1 Å². The number of nitro benzene ring substituents is 1. The van der Waals surface area contributed by atoms with E-state index in [0.29, 0.717) is 36.3 Å². The fraction of sp³-hybridized carbons (Fsp3) is 0.417. The lowest BCUT2D eigenvalue weighted by atomic mass is 10.2. The van der Waals surface area contributed by atoms with Gasteiger partial charge in [-0.1, -0.05) is 15.9 Å². The van der Waals surface area contributed by atoms with Gasteiger partial charge in [0, 0.05) is 36.7 Å². The molecule has 1 aliphatic rings. The molecule has 0 bridgehead atoms. The molecule has 0 radical (unpaired) electrons. The lowest BCUT2D eigenvalue weighted by Gasteiger charge is -2.35. The number of nitrogens with two attached hydrogens (primary N) is 1. The Balaban J connectivity index is 2.11. The van der Waals surface area contributed by atoms with E-state index in [1.165, 1.54) is 6.07 Å². The highest BCUT2D eigenvalue weighted by atomic mass is 79.9. The molecule has 7 nitrogen and oxygen atoms in total. The first-order chi connectivity index (χ1) is 9.47. The molecule has 1 aliphatic heterocycles. The Morgan fingerprint density at radius 1 is 1.35 bits per heavy atom. The van der Waals surface area contributed by atoms with Crippen LogP contribution >= 0.6 is 15.9 Å². The second-order valence-corrected chi connectivity index (χ2v) is 5.54. The number of anilines is 1. The number of hydrogen-bond acceptors (Lipinski definition) is 5. The van der Waals surface area contributed by atoms with E-state index in [-0.39, 0.29) is 23.1 Å². The van der Waals surface area contributed by atoms with Crippen molar-refractivity contribution >= 4 is 33.2 Å². The molecule has 1 fully saturated rings. The van der Waals surface area contributed by atoms with E-state index in [4.69, 9.17) is 5.73 Å². The van der Waals surface area contributed by atoms with Gasteiger partial charge in [-0.25, -0.2) is 0 Å². The zero-order chi connectivity index (χ0) is 14.7. The number of nitro groups is 1. The lowest BCUT2D eigenvalue weighted by molar-refractivity contribution is -0.384. The van der Waals surface area contributed by atoms with Crippen LogP contribution in [-0.2, 0) is 4.79 Å². The normalized spacial score (nSPS) is 16.1. The molecule has 0 aromatic heterocycles. The van der Waals surface area contributed by atoms with Crippen LogP contribution in [0, 0.1) is 10.1 Å². The minimum absolute atomic E-state index is 0.0859. The van der Waals surface area contributed by atoms with Crippen LogP contribution in [0.2, 0.25) is 0 Å². The maximum absolute atomic E-state index is 11.1. The van der Waals surface area contributed by atoms with E-state index < -0.39 is 0 Å². The Hall–Kier alpha value is -1.67. The van der Waals surface area contributed by atoms with Crippen LogP contribution in [0.3, 0.4) is 0 Å². The van der Waals surface area contributed by atoms with Gasteiger partial charge in [0.2, 0.25) is 5.91 Å². The summed E-state index contributed by atoms with van der Waals surface area (Å²) < 4.78 is 0.681. The van der Waals surface area contributed by atoms with Gasteiger partial charge in [-0.2, -0.15) is 0 Å². The molecule has 2 N–H and O–H groups in total. The molecular formula is C12H15BrN4O3. The predicted octanol–water partition coefficient (Wildman–Crippen LogP) is 0.965. The van der Waals surface area contributed by atoms with Crippen LogP contribution < -0.4 is 10.6 Å². The summed E-state index contributed by atoms with van der Waals surface area (Å²) >= 11 is 3.24. The fourth-order valence-corrected chi connectivity index (χ4v) is 2.63. The number of rotatable bonds is 4. The van der Waals surface area contributed by atoms with Crippen molar-refractivity contribution in [2.75, 3.05) is 37.6 Å². The number of hydrogen-bond donors (Lipinski definition) is 1. The van der Waals surface area contributed by atoms with E-state index in [1.807, 2.05) is 9.80 Å². The fourth-order valence-electron chi connectivity index (χ4n) is 2.28. The minimum atomic E-state index is -0.379. The first-order valence-electron chi connectivity index (χ1n) is 6.17. The smallest absolute Gasteiger partial charge is 0.293 e. The van der Waals surface area contributed by atoms with Crippen molar-refractivity contribution in [2.45, 2.75) is 0 Å². The van der Waals surface area contributed by atoms with Gasteiger partial charge in [-0.15, -0.1) is 0 Å². The first kappa shape index (κ1) is 14.7. The van der Waals surface area contributed by atoms with Gasteiger partial charge in [-0.3, -0.25) is 19.8 Å². The molecule has 0 unspecified atom stereocenters. The Labute approximate surface area is 124 Å².